The molecule has 1 N–H and O–H groups in total. The van der Waals surface area contributed by atoms with Crippen molar-refractivity contribution in [1.29, 1.82) is 0 Å². The molecule has 4 aromatic rings. The number of nitrogens with zero attached hydrogens (tertiary/aromatic N) is 4. The molecule has 34 heavy (non-hydrogen) atoms. The molecule has 0 atom stereocenters. The number of hydroxylamine groups is 1. The maximum Gasteiger partial charge on any atom is 0.405 e. The lowest BCUT2D eigenvalue weighted by Gasteiger charge is -2.20. The van der Waals surface area contributed by atoms with Crippen LogP contribution in [0.2, 0.25) is 0 Å². The van der Waals surface area contributed by atoms with Crippen LogP contribution in [0.3, 0.4) is 0 Å². The predicted molar refractivity (Wildman–Crippen MR) is 118 cm³/mol. The Hall–Kier alpha value is -4.41. The maximum atomic E-state index is 12.5. The summed E-state index contributed by atoms with van der Waals surface area (Å²) in [4.78, 5) is 36.3. The van der Waals surface area contributed by atoms with Gasteiger partial charge in [-0.05, 0) is 54.4 Å². The summed E-state index contributed by atoms with van der Waals surface area (Å²) in [5, 5.41) is 2.13. The predicted octanol–water partition coefficient (Wildman–Crippen LogP) is 4.54. The standard InChI is InChI=1S/C23H18F3N5O3/c1-15-9-16(5-7-27-15)17-6-8-30-20(12-28-21(30)11-17)18-3-2-4-19(10-18)31(34-14-32)22(33)29-13-23(24,25)26/h2-12,14H,13H2,1H3,(H,29,33). The molecule has 0 saturated heterocycles. The summed E-state index contributed by atoms with van der Waals surface area (Å²) in [6.45, 7) is 0.289. The molecule has 0 aliphatic carbocycles. The number of hydrogen-bond acceptors (Lipinski definition) is 5. The lowest BCUT2D eigenvalue weighted by molar-refractivity contribution is -0.129. The van der Waals surface area contributed by atoms with E-state index in [1.807, 2.05) is 41.8 Å². The number of carbonyl (C=O) groups is 2. The number of urea groups is 1. The summed E-state index contributed by atoms with van der Waals surface area (Å²) in [7, 11) is 0. The Labute approximate surface area is 191 Å². The average molecular weight is 469 g/mol. The van der Waals surface area contributed by atoms with Crippen molar-refractivity contribution in [3.8, 4) is 22.4 Å². The van der Waals surface area contributed by atoms with E-state index < -0.39 is 18.8 Å². The average Bonchev–Trinajstić information content (AvgIpc) is 3.24. The summed E-state index contributed by atoms with van der Waals surface area (Å²) in [5.74, 6) is 0. The number of aromatic nitrogens is 3. The van der Waals surface area contributed by atoms with Crippen LogP contribution in [-0.2, 0) is 9.63 Å². The van der Waals surface area contributed by atoms with Crippen molar-refractivity contribution in [1.82, 2.24) is 19.7 Å². The summed E-state index contributed by atoms with van der Waals surface area (Å²) in [6.07, 6.45) is 0.583. The van der Waals surface area contributed by atoms with Gasteiger partial charge in [0, 0.05) is 23.7 Å². The van der Waals surface area contributed by atoms with E-state index >= 15 is 0 Å². The van der Waals surface area contributed by atoms with Crippen molar-refractivity contribution in [3.05, 3.63) is 72.8 Å². The molecule has 0 unspecified atom stereocenters. The summed E-state index contributed by atoms with van der Waals surface area (Å²) in [5.41, 5.74) is 4.82. The number of carbonyl (C=O) groups excluding carboxylic acids is 2. The van der Waals surface area contributed by atoms with Crippen LogP contribution in [0.4, 0.5) is 23.7 Å². The summed E-state index contributed by atoms with van der Waals surface area (Å²) < 4.78 is 39.2. The monoisotopic (exact) mass is 469 g/mol. The first-order valence-corrected chi connectivity index (χ1v) is 10.0. The molecule has 2 amide bonds. The SMILES string of the molecule is Cc1cc(-c2ccn3c(-c4cccc(N(OC=O)C(=O)NCC(F)(F)F)c4)cnc3c2)ccn1. The van der Waals surface area contributed by atoms with Gasteiger partial charge < -0.3 is 10.2 Å². The molecule has 0 aliphatic heterocycles. The van der Waals surface area contributed by atoms with Gasteiger partial charge in [-0.1, -0.05) is 12.1 Å². The second-order valence-corrected chi connectivity index (χ2v) is 7.29. The quantitative estimate of drug-likeness (QED) is 0.331. The van der Waals surface area contributed by atoms with Crippen LogP contribution in [0.1, 0.15) is 5.69 Å². The maximum absolute atomic E-state index is 12.5. The third-order valence-electron chi connectivity index (χ3n) is 4.89. The van der Waals surface area contributed by atoms with E-state index in [2.05, 4.69) is 14.8 Å². The van der Waals surface area contributed by atoms with Gasteiger partial charge in [-0.3, -0.25) is 14.2 Å². The smallest absolute Gasteiger partial charge is 0.335 e. The van der Waals surface area contributed by atoms with E-state index in [0.717, 1.165) is 16.8 Å². The molecule has 0 bridgehead atoms. The van der Waals surface area contributed by atoms with Crippen LogP contribution in [0, 0.1) is 6.92 Å². The van der Waals surface area contributed by atoms with E-state index in [-0.39, 0.29) is 12.2 Å². The number of hydrogen-bond donors (Lipinski definition) is 1. The van der Waals surface area contributed by atoms with Gasteiger partial charge in [0.25, 0.3) is 0 Å². The number of halogens is 3. The van der Waals surface area contributed by atoms with E-state index in [4.69, 9.17) is 0 Å². The highest BCUT2D eigenvalue weighted by atomic mass is 19.4. The second kappa shape index (κ2) is 9.22. The van der Waals surface area contributed by atoms with Crippen molar-refractivity contribution in [2.75, 3.05) is 11.6 Å². The fourth-order valence-electron chi connectivity index (χ4n) is 3.41. The van der Waals surface area contributed by atoms with Gasteiger partial charge in [-0.2, -0.15) is 13.2 Å². The first kappa shape index (κ1) is 22.8. The molecular weight excluding hydrogens is 451 g/mol. The van der Waals surface area contributed by atoms with Crippen molar-refractivity contribution in [2.24, 2.45) is 0 Å². The Morgan fingerprint density at radius 2 is 1.91 bits per heavy atom. The number of fused-ring (bicyclic) bond motifs is 1. The lowest BCUT2D eigenvalue weighted by atomic mass is 10.1. The molecule has 8 nitrogen and oxygen atoms in total. The van der Waals surface area contributed by atoms with Crippen molar-refractivity contribution < 1.29 is 27.6 Å². The van der Waals surface area contributed by atoms with Gasteiger partial charge in [0.15, 0.2) is 0 Å². The molecule has 11 heteroatoms. The molecule has 4 rings (SSSR count). The molecule has 0 radical (unpaired) electrons. The minimum absolute atomic E-state index is 0.0452. The van der Waals surface area contributed by atoms with E-state index in [1.54, 1.807) is 29.8 Å². The minimum atomic E-state index is -4.62. The van der Waals surface area contributed by atoms with Crippen molar-refractivity contribution >= 4 is 23.8 Å². The third-order valence-corrected chi connectivity index (χ3v) is 4.89. The number of aryl methyl sites for hydroxylation is 1. The number of benzene rings is 1. The number of anilines is 1. The van der Waals surface area contributed by atoms with E-state index in [9.17, 15) is 22.8 Å². The van der Waals surface area contributed by atoms with Gasteiger partial charge >= 0.3 is 18.7 Å². The molecule has 0 saturated carbocycles. The first-order valence-electron chi connectivity index (χ1n) is 10.0. The van der Waals surface area contributed by atoms with Gasteiger partial charge in [0.05, 0.1) is 17.6 Å². The van der Waals surface area contributed by atoms with Gasteiger partial charge in [-0.25, -0.2) is 9.78 Å². The van der Waals surface area contributed by atoms with Crippen LogP contribution in [0.5, 0.6) is 0 Å². The molecule has 0 fully saturated rings. The molecule has 0 aliphatic rings. The minimum Gasteiger partial charge on any atom is -0.335 e. The number of imidazole rings is 1. The molecule has 3 aromatic heterocycles. The number of alkyl halides is 3. The molecule has 0 spiro atoms. The number of rotatable bonds is 6. The zero-order chi connectivity index (χ0) is 24.3. The molecule has 3 heterocycles. The van der Waals surface area contributed by atoms with Crippen molar-refractivity contribution in [3.63, 3.8) is 0 Å². The Morgan fingerprint density at radius 1 is 1.12 bits per heavy atom. The van der Waals surface area contributed by atoms with E-state index in [0.29, 0.717) is 22.0 Å². The Morgan fingerprint density at radius 3 is 2.65 bits per heavy atom. The normalized spacial score (nSPS) is 11.3. The molecule has 174 valence electrons. The highest BCUT2D eigenvalue weighted by Crippen LogP contribution is 2.28. The highest BCUT2D eigenvalue weighted by Gasteiger charge is 2.30. The fourth-order valence-corrected chi connectivity index (χ4v) is 3.41. The number of nitrogens with one attached hydrogen (secondary N) is 1. The van der Waals surface area contributed by atoms with Crippen LogP contribution < -0.4 is 10.4 Å². The molecule has 1 aromatic carbocycles. The number of amides is 2. The van der Waals surface area contributed by atoms with Gasteiger partial charge in [0.2, 0.25) is 0 Å². The zero-order valence-corrected chi connectivity index (χ0v) is 17.8. The van der Waals surface area contributed by atoms with Crippen LogP contribution in [-0.4, -0.2) is 39.6 Å². The van der Waals surface area contributed by atoms with Crippen LogP contribution in [0.25, 0.3) is 28.0 Å². The second-order valence-electron chi connectivity index (χ2n) is 7.29. The van der Waals surface area contributed by atoms with Crippen LogP contribution in [0.15, 0.2) is 67.1 Å². The third kappa shape index (κ3) is 4.98. The van der Waals surface area contributed by atoms with Crippen LogP contribution >= 0.6 is 0 Å². The Kier molecular flexibility index (Phi) is 6.17. The van der Waals surface area contributed by atoms with E-state index in [1.165, 1.54) is 12.1 Å². The zero-order valence-electron chi connectivity index (χ0n) is 17.8. The van der Waals surface area contributed by atoms with Gasteiger partial charge in [-0.15, -0.1) is 5.06 Å². The highest BCUT2D eigenvalue weighted by molar-refractivity contribution is 5.91. The first-order chi connectivity index (χ1) is 16.2. The van der Waals surface area contributed by atoms with Gasteiger partial charge in [0.1, 0.15) is 12.2 Å². The lowest BCUT2D eigenvalue weighted by Crippen LogP contribution is -2.43. The Balaban J connectivity index is 1.65. The fraction of sp³-hybridized carbons (Fsp3) is 0.130. The molecular formula is C23H18F3N5O3. The van der Waals surface area contributed by atoms with Crippen molar-refractivity contribution in [2.45, 2.75) is 13.1 Å². The largest absolute Gasteiger partial charge is 0.405 e. The summed E-state index contributed by atoms with van der Waals surface area (Å²) >= 11 is 0. The topological polar surface area (TPSA) is 88.8 Å². The Bertz CT molecular complexity index is 1350. The number of pyridine rings is 2. The summed E-state index contributed by atoms with van der Waals surface area (Å²) in [6, 6.07) is 12.7.